The number of aromatic amines is 1. The Hall–Kier alpha value is -5.98. The van der Waals surface area contributed by atoms with Gasteiger partial charge >= 0.3 is 0 Å². The molecule has 2 aliphatic rings. The van der Waals surface area contributed by atoms with Crippen molar-refractivity contribution < 1.29 is 18.7 Å². The number of nitrogens with zero attached hydrogens (tertiary/aromatic N) is 7. The van der Waals surface area contributed by atoms with Gasteiger partial charge in [-0.25, -0.2) is 4.39 Å². The minimum absolute atomic E-state index is 0.0700. The Labute approximate surface area is 301 Å². The van der Waals surface area contributed by atoms with Crippen molar-refractivity contribution in [2.24, 2.45) is 23.0 Å². The molecule has 7 rings (SSSR count). The third-order valence-electron chi connectivity index (χ3n) is 10.0. The Balaban J connectivity index is 1.17. The molecule has 2 aromatic heterocycles. The molecule has 0 atom stereocenters. The molecule has 0 aliphatic carbocycles. The van der Waals surface area contributed by atoms with Gasteiger partial charge in [-0.05, 0) is 60.4 Å². The van der Waals surface area contributed by atoms with Crippen LogP contribution in [-0.4, -0.2) is 102 Å². The maximum absolute atomic E-state index is 16.7. The van der Waals surface area contributed by atoms with Crippen molar-refractivity contribution in [1.82, 2.24) is 24.6 Å². The number of hydrogen-bond donors (Lipinski definition) is 2. The number of carbonyl (C=O) groups is 2. The summed E-state index contributed by atoms with van der Waals surface area (Å²) in [4.78, 5) is 40.3. The first kappa shape index (κ1) is 34.5. The van der Waals surface area contributed by atoms with Crippen molar-refractivity contribution in [3.63, 3.8) is 0 Å². The number of nitrogens with two attached hydrogens (primary N) is 1. The molecule has 0 spiro atoms. The van der Waals surface area contributed by atoms with Gasteiger partial charge < -0.3 is 30.3 Å². The molecular formula is C39H42FN9O3. The number of aryl methyl sites for hydroxylation is 2. The first-order valence-electron chi connectivity index (χ1n) is 17.4. The number of aromatic nitrogens is 3. The lowest BCUT2D eigenvalue weighted by Gasteiger charge is -2.36. The Morgan fingerprint density at radius 2 is 1.83 bits per heavy atom. The molecule has 52 heavy (non-hydrogen) atoms. The summed E-state index contributed by atoms with van der Waals surface area (Å²) in [6, 6.07) is 15.4. The number of benzene rings is 3. The summed E-state index contributed by atoms with van der Waals surface area (Å²) in [5.74, 6) is 5.00. The monoisotopic (exact) mass is 703 g/mol. The van der Waals surface area contributed by atoms with Crippen LogP contribution >= 0.6 is 0 Å². The topological polar surface area (TPSA) is 137 Å². The summed E-state index contributed by atoms with van der Waals surface area (Å²) in [6.45, 7) is 5.56. The molecule has 0 bridgehead atoms. The zero-order valence-electron chi connectivity index (χ0n) is 29.6. The molecule has 2 aliphatic heterocycles. The van der Waals surface area contributed by atoms with E-state index < -0.39 is 5.82 Å². The van der Waals surface area contributed by atoms with E-state index in [0.29, 0.717) is 73.7 Å². The Morgan fingerprint density at radius 1 is 1.02 bits per heavy atom. The fraction of sp³-hybridized carbons (Fsp3) is 0.308. The number of carbonyl (C=O) groups excluding carboxylic acids is 2. The van der Waals surface area contributed by atoms with Gasteiger partial charge in [-0.1, -0.05) is 24.3 Å². The molecule has 1 fully saturated rings. The SMILES string of the molecule is COc1ccccc1-c1cc(C2=CCCN(C(=O)CCN=C/C=N\N)C2)c(F)c2[nH]c(C(=O)N3CCN(c4cc5c(cnn5C)cc4C)CC3)cc12. The number of anilines is 1. The number of H-pyrrole nitrogens is 1. The zero-order valence-corrected chi connectivity index (χ0v) is 29.6. The van der Waals surface area contributed by atoms with E-state index in [1.165, 1.54) is 12.4 Å². The molecule has 5 aromatic rings. The highest BCUT2D eigenvalue weighted by Gasteiger charge is 2.28. The number of halogens is 1. The average molecular weight is 704 g/mol. The Bertz CT molecular complexity index is 2240. The summed E-state index contributed by atoms with van der Waals surface area (Å²) in [5, 5.41) is 9.43. The number of ether oxygens (including phenoxy) is 1. The predicted octanol–water partition coefficient (Wildman–Crippen LogP) is 5.16. The number of amides is 2. The number of rotatable bonds is 9. The van der Waals surface area contributed by atoms with E-state index in [1.807, 2.05) is 59.2 Å². The van der Waals surface area contributed by atoms with Gasteiger partial charge in [0.15, 0.2) is 5.82 Å². The van der Waals surface area contributed by atoms with Gasteiger partial charge in [-0.3, -0.25) is 19.3 Å². The number of methoxy groups -OCH3 is 1. The second-order valence-corrected chi connectivity index (χ2v) is 13.1. The second kappa shape index (κ2) is 14.7. The zero-order chi connectivity index (χ0) is 36.4. The lowest BCUT2D eigenvalue weighted by Crippen LogP contribution is -2.49. The summed E-state index contributed by atoms with van der Waals surface area (Å²) in [5.41, 5.74) is 6.48. The van der Waals surface area contributed by atoms with E-state index in [1.54, 1.807) is 18.1 Å². The standard InChI is InChI=1S/C39H42FN9O3/c1-25-19-27-23-44-46(2)34(27)22-33(25)47-15-17-48(18-16-47)39(51)32-21-31-30(28-8-4-5-9-35(28)52-3)20-29(37(40)38(31)45-32)26-7-6-14-49(24-26)36(50)10-11-42-12-13-43-41/h4-5,7-9,12-13,19-23,45H,6,10-11,14-18,24,41H2,1-3H3/b42-12?,43-13-. The number of fused-ring (bicyclic) bond motifs is 2. The van der Waals surface area contributed by atoms with Crippen LogP contribution in [0.2, 0.25) is 0 Å². The van der Waals surface area contributed by atoms with Crippen LogP contribution in [-0.2, 0) is 11.8 Å². The Morgan fingerprint density at radius 3 is 2.62 bits per heavy atom. The van der Waals surface area contributed by atoms with Gasteiger partial charge in [-0.15, -0.1) is 0 Å². The van der Waals surface area contributed by atoms with Gasteiger partial charge in [0.1, 0.15) is 11.4 Å². The highest BCUT2D eigenvalue weighted by Crippen LogP contribution is 2.40. The van der Waals surface area contributed by atoms with Gasteiger partial charge in [0.25, 0.3) is 5.91 Å². The maximum Gasteiger partial charge on any atom is 0.270 e. The average Bonchev–Trinajstić information content (AvgIpc) is 3.78. The van der Waals surface area contributed by atoms with Crippen LogP contribution in [0.4, 0.5) is 10.1 Å². The molecule has 268 valence electrons. The molecule has 0 unspecified atom stereocenters. The maximum atomic E-state index is 16.7. The van der Waals surface area contributed by atoms with Crippen LogP contribution in [0.15, 0.2) is 70.9 Å². The fourth-order valence-electron chi connectivity index (χ4n) is 7.29. The summed E-state index contributed by atoms with van der Waals surface area (Å²) < 4.78 is 24.3. The van der Waals surface area contributed by atoms with E-state index in [2.05, 4.69) is 44.1 Å². The normalized spacial score (nSPS) is 15.4. The Kier molecular flexibility index (Phi) is 9.75. The van der Waals surface area contributed by atoms with Crippen LogP contribution < -0.4 is 15.5 Å². The molecule has 12 nitrogen and oxygen atoms in total. The summed E-state index contributed by atoms with van der Waals surface area (Å²) in [6.07, 6.45) is 7.47. The van der Waals surface area contributed by atoms with Crippen molar-refractivity contribution in [3.8, 4) is 16.9 Å². The lowest BCUT2D eigenvalue weighted by molar-refractivity contribution is -0.130. The molecule has 2 amide bonds. The van der Waals surface area contributed by atoms with Crippen LogP contribution in [0.1, 0.15) is 34.5 Å². The highest BCUT2D eigenvalue weighted by molar-refractivity contribution is 6.15. The van der Waals surface area contributed by atoms with Gasteiger partial charge in [0.2, 0.25) is 5.91 Å². The number of para-hydroxylation sites is 1. The lowest BCUT2D eigenvalue weighted by atomic mass is 9.93. The fourth-order valence-corrected chi connectivity index (χ4v) is 7.29. The van der Waals surface area contributed by atoms with Crippen molar-refractivity contribution in [2.45, 2.75) is 19.8 Å². The molecule has 13 heteroatoms. The third-order valence-corrected chi connectivity index (χ3v) is 10.0. The largest absolute Gasteiger partial charge is 0.496 e. The number of nitrogens with one attached hydrogen (secondary N) is 1. The van der Waals surface area contributed by atoms with Crippen LogP contribution in [0.5, 0.6) is 5.75 Å². The van der Waals surface area contributed by atoms with Crippen molar-refractivity contribution in [1.29, 1.82) is 0 Å². The van der Waals surface area contributed by atoms with Crippen LogP contribution in [0.25, 0.3) is 38.5 Å². The number of hydrogen-bond acceptors (Lipinski definition) is 8. The molecule has 1 saturated heterocycles. The van der Waals surface area contributed by atoms with Crippen molar-refractivity contribution >= 4 is 57.3 Å². The second-order valence-electron chi connectivity index (χ2n) is 13.1. The molecule has 4 heterocycles. The summed E-state index contributed by atoms with van der Waals surface area (Å²) in [7, 11) is 3.54. The number of piperazine rings is 1. The van der Waals surface area contributed by atoms with Gasteiger partial charge in [0.05, 0.1) is 30.6 Å². The smallest absolute Gasteiger partial charge is 0.270 e. The summed E-state index contributed by atoms with van der Waals surface area (Å²) >= 11 is 0. The minimum atomic E-state index is -0.468. The van der Waals surface area contributed by atoms with E-state index in [0.717, 1.165) is 33.3 Å². The van der Waals surface area contributed by atoms with E-state index >= 15 is 4.39 Å². The molecule has 0 saturated carbocycles. The minimum Gasteiger partial charge on any atom is -0.496 e. The van der Waals surface area contributed by atoms with Gasteiger partial charge in [-0.2, -0.15) is 10.2 Å². The predicted molar refractivity (Wildman–Crippen MR) is 204 cm³/mol. The van der Waals surface area contributed by atoms with Crippen LogP contribution in [0.3, 0.4) is 0 Å². The van der Waals surface area contributed by atoms with Crippen LogP contribution in [0, 0.1) is 12.7 Å². The van der Waals surface area contributed by atoms with Crippen molar-refractivity contribution in [3.05, 3.63) is 83.4 Å². The molecule has 0 radical (unpaired) electrons. The highest BCUT2D eigenvalue weighted by atomic mass is 19.1. The van der Waals surface area contributed by atoms with Crippen molar-refractivity contribution in [2.75, 3.05) is 57.8 Å². The third kappa shape index (κ3) is 6.61. The molecular weight excluding hydrogens is 661 g/mol. The quantitative estimate of drug-likeness (QED) is 0.124. The van der Waals surface area contributed by atoms with E-state index in [9.17, 15) is 9.59 Å². The van der Waals surface area contributed by atoms with E-state index in [4.69, 9.17) is 10.6 Å². The van der Waals surface area contributed by atoms with Gasteiger partial charge in [0, 0.05) is 93.1 Å². The number of aliphatic imine (C=N–C) groups is 1. The first-order valence-corrected chi connectivity index (χ1v) is 17.4. The molecule has 3 N–H and O–H groups in total. The van der Waals surface area contributed by atoms with E-state index in [-0.39, 0.29) is 30.3 Å². The first-order chi connectivity index (χ1) is 25.3. The number of hydrazone groups is 1. The molecule has 3 aromatic carbocycles.